The van der Waals surface area contributed by atoms with Crippen molar-refractivity contribution in [3.05, 3.63) is 29.3 Å². The van der Waals surface area contributed by atoms with Gasteiger partial charge in [-0.15, -0.1) is 0 Å². The molecular weight excluding hydrogens is 158 g/mol. The molecule has 0 bridgehead atoms. The van der Waals surface area contributed by atoms with Crippen LogP contribution in [0, 0.1) is 6.92 Å². The third kappa shape index (κ3) is 1.14. The Morgan fingerprint density at radius 3 is 2.69 bits per heavy atom. The number of hydrogen-bond acceptors (Lipinski definition) is 1. The molecule has 0 aromatic heterocycles. The molecule has 1 aromatic carbocycles. The molecule has 1 aromatic rings. The molecule has 0 unspecified atom stereocenters. The molecule has 0 fully saturated rings. The van der Waals surface area contributed by atoms with E-state index in [2.05, 4.69) is 51.2 Å². The Labute approximate surface area is 80.2 Å². The second-order valence-electron chi connectivity index (χ2n) is 4.64. The quantitative estimate of drug-likeness (QED) is 0.639. The monoisotopic (exact) mass is 175 g/mol. The summed E-state index contributed by atoms with van der Waals surface area (Å²) >= 11 is 0. The van der Waals surface area contributed by atoms with Gasteiger partial charge >= 0.3 is 0 Å². The van der Waals surface area contributed by atoms with E-state index < -0.39 is 0 Å². The van der Waals surface area contributed by atoms with Crippen LogP contribution in [0.15, 0.2) is 18.2 Å². The zero-order valence-corrected chi connectivity index (χ0v) is 8.81. The topological polar surface area (TPSA) is 12.0 Å². The van der Waals surface area contributed by atoms with Crippen LogP contribution in [0.3, 0.4) is 0 Å². The maximum absolute atomic E-state index is 3.51. The first-order valence-corrected chi connectivity index (χ1v) is 4.89. The molecule has 0 saturated heterocycles. The minimum Gasteiger partial charge on any atom is -0.381 e. The van der Waals surface area contributed by atoms with Crippen LogP contribution in [0.5, 0.6) is 0 Å². The Morgan fingerprint density at radius 2 is 2.00 bits per heavy atom. The van der Waals surface area contributed by atoms with E-state index in [1.165, 1.54) is 16.8 Å². The van der Waals surface area contributed by atoms with Gasteiger partial charge in [-0.25, -0.2) is 0 Å². The third-order valence-electron chi connectivity index (χ3n) is 3.32. The fraction of sp³-hybridized carbons (Fsp3) is 0.500. The summed E-state index contributed by atoms with van der Waals surface area (Å²) in [5, 5.41) is 3.51. The van der Waals surface area contributed by atoms with E-state index in [9.17, 15) is 0 Å². The van der Waals surface area contributed by atoms with Crippen molar-refractivity contribution in [1.29, 1.82) is 0 Å². The summed E-state index contributed by atoms with van der Waals surface area (Å²) in [6.07, 6.45) is 0. The standard InChI is InChI=1S/C12H17N/c1-8-5-6-11-10(7-8)12(3,4)9(2)13-11/h5-7,9,13H,1-4H3/t9-/m1/s1. The summed E-state index contributed by atoms with van der Waals surface area (Å²) in [7, 11) is 0. The Morgan fingerprint density at radius 1 is 1.31 bits per heavy atom. The van der Waals surface area contributed by atoms with E-state index in [0.717, 1.165) is 0 Å². The summed E-state index contributed by atoms with van der Waals surface area (Å²) in [6.45, 7) is 9.00. The highest BCUT2D eigenvalue weighted by Crippen LogP contribution is 2.40. The molecule has 1 N–H and O–H groups in total. The summed E-state index contributed by atoms with van der Waals surface area (Å²) < 4.78 is 0. The summed E-state index contributed by atoms with van der Waals surface area (Å²) in [5.41, 5.74) is 4.38. The van der Waals surface area contributed by atoms with Gasteiger partial charge in [-0.3, -0.25) is 0 Å². The first-order valence-electron chi connectivity index (χ1n) is 4.89. The summed E-state index contributed by atoms with van der Waals surface area (Å²) in [6, 6.07) is 7.19. The SMILES string of the molecule is Cc1ccc2c(c1)C(C)(C)[C@@H](C)N2. The van der Waals surface area contributed by atoms with Crippen molar-refractivity contribution in [1.82, 2.24) is 0 Å². The highest BCUT2D eigenvalue weighted by Gasteiger charge is 2.35. The van der Waals surface area contributed by atoms with Crippen LogP contribution in [0.4, 0.5) is 5.69 Å². The lowest BCUT2D eigenvalue weighted by Crippen LogP contribution is -2.29. The Bertz CT molecular complexity index is 339. The van der Waals surface area contributed by atoms with E-state index in [-0.39, 0.29) is 5.41 Å². The van der Waals surface area contributed by atoms with E-state index in [0.29, 0.717) is 6.04 Å². The molecule has 0 spiro atoms. The summed E-state index contributed by atoms with van der Waals surface area (Å²) in [4.78, 5) is 0. The Balaban J connectivity index is 2.57. The second kappa shape index (κ2) is 2.50. The zero-order chi connectivity index (χ0) is 9.64. The first-order chi connectivity index (χ1) is 6.01. The van der Waals surface area contributed by atoms with E-state index in [1.807, 2.05) is 0 Å². The lowest BCUT2D eigenvalue weighted by molar-refractivity contribution is 0.486. The zero-order valence-electron chi connectivity index (χ0n) is 8.81. The van der Waals surface area contributed by atoms with E-state index >= 15 is 0 Å². The maximum atomic E-state index is 3.51. The van der Waals surface area contributed by atoms with Crippen molar-refractivity contribution in [2.24, 2.45) is 0 Å². The largest absolute Gasteiger partial charge is 0.381 e. The molecule has 0 aliphatic carbocycles. The second-order valence-corrected chi connectivity index (χ2v) is 4.64. The normalized spacial score (nSPS) is 23.8. The Hall–Kier alpha value is -0.980. The van der Waals surface area contributed by atoms with Gasteiger partial charge in [-0.2, -0.15) is 0 Å². The molecule has 1 aliphatic heterocycles. The fourth-order valence-corrected chi connectivity index (χ4v) is 1.96. The van der Waals surface area contributed by atoms with Crippen LogP contribution in [0.25, 0.3) is 0 Å². The van der Waals surface area contributed by atoms with Gasteiger partial charge < -0.3 is 5.32 Å². The van der Waals surface area contributed by atoms with Crippen molar-refractivity contribution in [3.8, 4) is 0 Å². The van der Waals surface area contributed by atoms with Gasteiger partial charge in [0.1, 0.15) is 0 Å². The van der Waals surface area contributed by atoms with Gasteiger partial charge in [0.25, 0.3) is 0 Å². The van der Waals surface area contributed by atoms with Gasteiger partial charge in [0.05, 0.1) is 0 Å². The molecule has 2 rings (SSSR count). The Kier molecular flexibility index (Phi) is 1.66. The molecule has 70 valence electrons. The van der Waals surface area contributed by atoms with E-state index in [1.54, 1.807) is 0 Å². The van der Waals surface area contributed by atoms with Crippen LogP contribution < -0.4 is 5.32 Å². The number of nitrogens with one attached hydrogen (secondary N) is 1. The number of benzene rings is 1. The lowest BCUT2D eigenvalue weighted by Gasteiger charge is -2.24. The van der Waals surface area contributed by atoms with Gasteiger partial charge in [0.2, 0.25) is 0 Å². The highest BCUT2D eigenvalue weighted by atomic mass is 15.0. The number of fused-ring (bicyclic) bond motifs is 1. The van der Waals surface area contributed by atoms with Crippen LogP contribution in [-0.2, 0) is 5.41 Å². The van der Waals surface area contributed by atoms with E-state index in [4.69, 9.17) is 0 Å². The van der Waals surface area contributed by atoms with Crippen LogP contribution in [0.1, 0.15) is 31.9 Å². The molecule has 13 heavy (non-hydrogen) atoms. The van der Waals surface area contributed by atoms with Crippen LogP contribution >= 0.6 is 0 Å². The van der Waals surface area contributed by atoms with Crippen molar-refractivity contribution in [2.45, 2.75) is 39.2 Å². The van der Waals surface area contributed by atoms with Crippen molar-refractivity contribution >= 4 is 5.69 Å². The maximum Gasteiger partial charge on any atom is 0.0381 e. The predicted octanol–water partition coefficient (Wildman–Crippen LogP) is 3.09. The minimum absolute atomic E-state index is 0.265. The molecule has 0 radical (unpaired) electrons. The van der Waals surface area contributed by atoms with Crippen molar-refractivity contribution in [2.75, 3.05) is 5.32 Å². The number of rotatable bonds is 0. The van der Waals surface area contributed by atoms with Crippen molar-refractivity contribution < 1.29 is 0 Å². The molecule has 1 heterocycles. The van der Waals surface area contributed by atoms with Gasteiger partial charge in [0.15, 0.2) is 0 Å². The molecule has 1 atom stereocenters. The molecular formula is C12H17N. The predicted molar refractivity (Wildman–Crippen MR) is 57.3 cm³/mol. The smallest absolute Gasteiger partial charge is 0.0381 e. The summed E-state index contributed by atoms with van der Waals surface area (Å²) in [5.74, 6) is 0. The first kappa shape index (κ1) is 8.61. The average Bonchev–Trinajstić information content (AvgIpc) is 2.27. The minimum atomic E-state index is 0.265. The average molecular weight is 175 g/mol. The number of hydrogen-bond donors (Lipinski definition) is 1. The molecule has 0 amide bonds. The lowest BCUT2D eigenvalue weighted by atomic mass is 9.81. The number of aryl methyl sites for hydroxylation is 1. The van der Waals surface area contributed by atoms with Gasteiger partial charge in [-0.05, 0) is 25.5 Å². The van der Waals surface area contributed by atoms with Crippen LogP contribution in [0.2, 0.25) is 0 Å². The van der Waals surface area contributed by atoms with Gasteiger partial charge in [0, 0.05) is 17.1 Å². The van der Waals surface area contributed by atoms with Gasteiger partial charge in [-0.1, -0.05) is 31.5 Å². The molecule has 1 aliphatic rings. The molecule has 0 saturated carbocycles. The van der Waals surface area contributed by atoms with Crippen LogP contribution in [-0.4, -0.2) is 6.04 Å². The molecule has 1 heteroatoms. The molecule has 1 nitrogen and oxygen atoms in total. The fourth-order valence-electron chi connectivity index (χ4n) is 1.96. The van der Waals surface area contributed by atoms with Crippen molar-refractivity contribution in [3.63, 3.8) is 0 Å². The third-order valence-corrected chi connectivity index (χ3v) is 3.32. The highest BCUT2D eigenvalue weighted by molar-refractivity contribution is 5.62. The number of anilines is 1.